The molecule has 3 fully saturated rings. The first-order valence-corrected chi connectivity index (χ1v) is 18.8. The molecule has 4 atom stereocenters. The van der Waals surface area contributed by atoms with Crippen LogP contribution in [0.5, 0.6) is 0 Å². The first kappa shape index (κ1) is 34.0. The first-order chi connectivity index (χ1) is 22.9. The number of carbonyl (C=O) groups is 1. The Morgan fingerprint density at radius 2 is 1.96 bits per heavy atom. The van der Waals surface area contributed by atoms with E-state index in [4.69, 9.17) is 14.7 Å². The minimum atomic E-state index is -3.09. The molecular weight excluding hydrogens is 633 g/mol. The predicted molar refractivity (Wildman–Crippen MR) is 188 cm³/mol. The third kappa shape index (κ3) is 6.84. The number of halogens is 1. The van der Waals surface area contributed by atoms with Crippen LogP contribution in [0.25, 0.3) is 10.8 Å². The van der Waals surface area contributed by atoms with Crippen LogP contribution >= 0.6 is 0 Å². The van der Waals surface area contributed by atoms with Gasteiger partial charge in [0.1, 0.15) is 27.6 Å². The zero-order valence-electron chi connectivity index (χ0n) is 28.4. The second kappa shape index (κ2) is 13.6. The monoisotopic (exact) mass is 679 g/mol. The number of ether oxygens (including phenoxy) is 1. The van der Waals surface area contributed by atoms with Gasteiger partial charge in [-0.1, -0.05) is 20.4 Å². The van der Waals surface area contributed by atoms with Crippen LogP contribution in [0.2, 0.25) is 0 Å². The second-order valence-electron chi connectivity index (χ2n) is 13.8. The number of alkyl halides is 1. The fraction of sp³-hybridized carbons (Fsp3) is 0.543. The number of fused-ring (bicyclic) bond motifs is 1. The Kier molecular flexibility index (Phi) is 9.63. The highest BCUT2D eigenvalue weighted by Gasteiger charge is 2.37. The van der Waals surface area contributed by atoms with Crippen LogP contribution < -0.4 is 15.1 Å². The molecule has 3 saturated heterocycles. The summed E-state index contributed by atoms with van der Waals surface area (Å²) in [6.07, 6.45) is 6.89. The fourth-order valence-electron chi connectivity index (χ4n) is 7.67. The molecular formula is C35H46FN7O4S. The number of hydrogen-bond acceptors (Lipinski definition) is 10. The van der Waals surface area contributed by atoms with E-state index in [1.807, 2.05) is 29.0 Å². The topological polar surface area (TPSA) is 121 Å². The molecule has 258 valence electrons. The molecule has 1 aromatic carbocycles. The normalized spacial score (nSPS) is 23.5. The van der Waals surface area contributed by atoms with Crippen molar-refractivity contribution < 1.29 is 22.3 Å². The summed E-state index contributed by atoms with van der Waals surface area (Å²) in [5.41, 5.74) is 3.24. The second-order valence-corrected chi connectivity index (χ2v) is 16.0. The largest absolute Gasteiger partial charge is 0.378 e. The Morgan fingerprint density at radius 1 is 1.19 bits per heavy atom. The van der Waals surface area contributed by atoms with Crippen LogP contribution in [-0.2, 0) is 19.4 Å². The standard InChI is InChI=1S/C35H46FN7O4S/c1-7-33(44)42-12-8-9-28(42)25-14-29(41-17-23(18-41)20-48(6,45)46)26-16-38-32(15-24(26)34(25)21(2)3)39-31-10-11-37-35(40-31)43-19-27(36)30(47-5)13-22(43)4/h7,10-11,14-16,21-23,27-28,30H,1,8-9,12-13,17-20H2,2-6H3,(H,37,38,39,40)/t22-,27+,28-,30-/m1/s1. The number of hydrogen-bond donors (Lipinski definition) is 1. The Labute approximate surface area is 282 Å². The molecule has 11 nitrogen and oxygen atoms in total. The van der Waals surface area contributed by atoms with E-state index in [0.29, 0.717) is 43.6 Å². The molecule has 48 heavy (non-hydrogen) atoms. The Morgan fingerprint density at radius 3 is 2.65 bits per heavy atom. The van der Waals surface area contributed by atoms with Gasteiger partial charge in [-0.3, -0.25) is 4.79 Å². The van der Waals surface area contributed by atoms with Gasteiger partial charge in [-0.05, 0) is 72.9 Å². The van der Waals surface area contributed by atoms with Crippen LogP contribution in [0.15, 0.2) is 43.2 Å². The van der Waals surface area contributed by atoms with Gasteiger partial charge in [0, 0.05) is 68.4 Å². The van der Waals surface area contributed by atoms with Gasteiger partial charge in [-0.15, -0.1) is 0 Å². The Hall–Kier alpha value is -3.84. The molecule has 0 bridgehead atoms. The van der Waals surface area contributed by atoms with Crippen molar-refractivity contribution in [2.24, 2.45) is 5.92 Å². The Bertz CT molecular complexity index is 1800. The molecule has 0 saturated carbocycles. The van der Waals surface area contributed by atoms with E-state index in [-0.39, 0.29) is 42.1 Å². The molecule has 3 aromatic rings. The lowest BCUT2D eigenvalue weighted by atomic mass is 9.85. The van der Waals surface area contributed by atoms with E-state index in [0.717, 1.165) is 40.4 Å². The molecule has 0 radical (unpaired) electrons. The first-order valence-electron chi connectivity index (χ1n) is 16.7. The molecule has 0 spiro atoms. The van der Waals surface area contributed by atoms with Crippen LogP contribution in [0.1, 0.15) is 63.1 Å². The predicted octanol–water partition coefficient (Wildman–Crippen LogP) is 5.17. The molecule has 6 rings (SSSR count). The van der Waals surface area contributed by atoms with Crippen LogP contribution in [0.4, 0.5) is 27.7 Å². The van der Waals surface area contributed by atoms with Crippen LogP contribution in [-0.4, -0.2) is 97.8 Å². The highest BCUT2D eigenvalue weighted by molar-refractivity contribution is 7.90. The number of pyridine rings is 1. The molecule has 2 aromatic heterocycles. The summed E-state index contributed by atoms with van der Waals surface area (Å²) in [5, 5.41) is 5.34. The molecule has 0 aliphatic carbocycles. The van der Waals surface area contributed by atoms with Crippen molar-refractivity contribution in [2.45, 2.75) is 70.3 Å². The molecule has 5 heterocycles. The van der Waals surface area contributed by atoms with E-state index in [2.05, 4.69) is 41.7 Å². The van der Waals surface area contributed by atoms with E-state index < -0.39 is 22.1 Å². The number of carbonyl (C=O) groups excluding carboxylic acids is 1. The number of methoxy groups -OCH3 is 1. The van der Waals surface area contributed by atoms with Crippen molar-refractivity contribution in [1.29, 1.82) is 0 Å². The number of benzene rings is 1. The molecule has 1 N–H and O–H groups in total. The van der Waals surface area contributed by atoms with Gasteiger partial charge in [0.15, 0.2) is 0 Å². The molecule has 13 heteroatoms. The highest BCUT2D eigenvalue weighted by atomic mass is 32.2. The van der Waals surface area contributed by atoms with E-state index >= 15 is 0 Å². The quantitative estimate of drug-likeness (QED) is 0.287. The summed E-state index contributed by atoms with van der Waals surface area (Å²) in [7, 11) is -1.55. The number of amides is 1. The lowest BCUT2D eigenvalue weighted by Gasteiger charge is -2.42. The van der Waals surface area contributed by atoms with E-state index in [9.17, 15) is 17.6 Å². The van der Waals surface area contributed by atoms with Crippen molar-refractivity contribution in [1.82, 2.24) is 19.9 Å². The highest BCUT2D eigenvalue weighted by Crippen LogP contribution is 2.45. The maximum atomic E-state index is 14.8. The van der Waals surface area contributed by atoms with E-state index in [1.54, 1.807) is 12.3 Å². The minimum Gasteiger partial charge on any atom is -0.378 e. The third-order valence-corrected chi connectivity index (χ3v) is 11.0. The number of aromatic nitrogens is 3. The Balaban J connectivity index is 1.38. The van der Waals surface area contributed by atoms with Gasteiger partial charge in [0.05, 0.1) is 24.4 Å². The number of nitrogens with zero attached hydrogens (tertiary/aromatic N) is 6. The summed E-state index contributed by atoms with van der Waals surface area (Å²) >= 11 is 0. The van der Waals surface area contributed by atoms with E-state index in [1.165, 1.54) is 19.4 Å². The summed E-state index contributed by atoms with van der Waals surface area (Å²) in [6.45, 7) is 12.2. The van der Waals surface area contributed by atoms with Crippen molar-refractivity contribution in [3.8, 4) is 0 Å². The molecule has 3 aliphatic rings. The average molecular weight is 680 g/mol. The van der Waals surface area contributed by atoms with Gasteiger partial charge >= 0.3 is 0 Å². The number of piperidine rings is 1. The SMILES string of the molecule is C=CC(=O)N1CCC[C@@H]1c1cc(N2CC(CS(C)(=O)=O)C2)c2cnc(Nc3ccnc(N4C[C@H](F)[C@H](OC)C[C@H]4C)n3)cc2c1C(C)C. The maximum absolute atomic E-state index is 14.8. The number of rotatable bonds is 10. The van der Waals surface area contributed by atoms with Crippen molar-refractivity contribution in [2.75, 3.05) is 60.4 Å². The number of likely N-dealkylation sites (tertiary alicyclic amines) is 1. The lowest BCUT2D eigenvalue weighted by Crippen LogP contribution is -2.51. The average Bonchev–Trinajstić information content (AvgIpc) is 3.52. The minimum absolute atomic E-state index is 0.00287. The fourth-order valence-corrected chi connectivity index (χ4v) is 8.74. The summed E-state index contributed by atoms with van der Waals surface area (Å²) in [5.74, 6) is 1.84. The van der Waals surface area contributed by atoms with Crippen LogP contribution in [0, 0.1) is 5.92 Å². The van der Waals surface area contributed by atoms with Crippen molar-refractivity contribution >= 4 is 49.8 Å². The van der Waals surface area contributed by atoms with Gasteiger partial charge in [0.2, 0.25) is 11.9 Å². The number of nitrogens with one attached hydrogen (secondary N) is 1. The molecule has 0 unspecified atom stereocenters. The lowest BCUT2D eigenvalue weighted by molar-refractivity contribution is -0.126. The maximum Gasteiger partial charge on any atom is 0.246 e. The van der Waals surface area contributed by atoms with Crippen LogP contribution in [0.3, 0.4) is 0 Å². The zero-order chi connectivity index (χ0) is 34.3. The van der Waals surface area contributed by atoms with Gasteiger partial charge < -0.3 is 24.8 Å². The smallest absolute Gasteiger partial charge is 0.246 e. The van der Waals surface area contributed by atoms with Gasteiger partial charge in [-0.25, -0.2) is 22.8 Å². The summed E-state index contributed by atoms with van der Waals surface area (Å²) in [6, 6.07) is 5.90. The zero-order valence-corrected chi connectivity index (χ0v) is 29.2. The van der Waals surface area contributed by atoms with Crippen molar-refractivity contribution in [3.05, 3.63) is 54.4 Å². The summed E-state index contributed by atoms with van der Waals surface area (Å²) < 4.78 is 44.1. The van der Waals surface area contributed by atoms with Gasteiger partial charge in [-0.2, -0.15) is 4.98 Å². The number of sulfone groups is 1. The summed E-state index contributed by atoms with van der Waals surface area (Å²) in [4.78, 5) is 32.9. The number of anilines is 4. The molecule has 3 aliphatic heterocycles. The van der Waals surface area contributed by atoms with Gasteiger partial charge in [0.25, 0.3) is 0 Å². The van der Waals surface area contributed by atoms with Crippen molar-refractivity contribution in [3.63, 3.8) is 0 Å². The molecule has 1 amide bonds. The third-order valence-electron chi connectivity index (χ3n) is 9.90.